The number of imide groups is 1. The SMILES string of the molecule is CC(=O)N[C@@H]1[C@@H](C)C2(C)OC1(C)[C@H]1C(=O)N(c3ccc(C#N)c(C(F)(F)F)c3)C(=O)[C@H]12. The summed E-state index contributed by atoms with van der Waals surface area (Å²) in [6.07, 6.45) is -4.83. The molecule has 3 fully saturated rings. The first-order valence-corrected chi connectivity index (χ1v) is 9.73. The molecule has 0 saturated carbocycles. The van der Waals surface area contributed by atoms with Crippen molar-refractivity contribution >= 4 is 23.4 Å². The lowest BCUT2D eigenvalue weighted by atomic mass is 9.61. The van der Waals surface area contributed by atoms with Gasteiger partial charge >= 0.3 is 6.18 Å². The largest absolute Gasteiger partial charge is 0.417 e. The molecule has 164 valence electrons. The van der Waals surface area contributed by atoms with E-state index in [1.165, 1.54) is 13.0 Å². The van der Waals surface area contributed by atoms with Gasteiger partial charge in [0.1, 0.15) is 0 Å². The Labute approximate surface area is 176 Å². The van der Waals surface area contributed by atoms with E-state index in [-0.39, 0.29) is 17.5 Å². The highest BCUT2D eigenvalue weighted by Crippen LogP contribution is 2.63. The van der Waals surface area contributed by atoms with Crippen LogP contribution < -0.4 is 10.2 Å². The normalized spacial score (nSPS) is 36.5. The lowest BCUT2D eigenvalue weighted by molar-refractivity contribution is -0.138. The van der Waals surface area contributed by atoms with Gasteiger partial charge in [0.15, 0.2) is 0 Å². The molecule has 3 heterocycles. The zero-order valence-corrected chi connectivity index (χ0v) is 17.2. The van der Waals surface area contributed by atoms with Crippen molar-refractivity contribution in [2.75, 3.05) is 4.90 Å². The molecular weight excluding hydrogens is 415 g/mol. The van der Waals surface area contributed by atoms with Crippen molar-refractivity contribution < 1.29 is 32.3 Å². The van der Waals surface area contributed by atoms with E-state index in [9.17, 15) is 27.6 Å². The number of rotatable bonds is 2. The van der Waals surface area contributed by atoms with Gasteiger partial charge in [-0.1, -0.05) is 6.92 Å². The van der Waals surface area contributed by atoms with E-state index in [2.05, 4.69) is 5.32 Å². The van der Waals surface area contributed by atoms with Gasteiger partial charge in [-0.15, -0.1) is 0 Å². The highest BCUT2D eigenvalue weighted by Gasteiger charge is 2.78. The average molecular weight is 435 g/mol. The topological polar surface area (TPSA) is 99.5 Å². The number of anilines is 1. The average Bonchev–Trinajstić information content (AvgIpc) is 3.16. The second-order valence-corrected chi connectivity index (χ2v) is 8.74. The fraction of sp³-hybridized carbons (Fsp3) is 0.524. The molecule has 6 atom stereocenters. The van der Waals surface area contributed by atoms with Gasteiger partial charge in [0.25, 0.3) is 0 Å². The summed E-state index contributed by atoms with van der Waals surface area (Å²) in [6, 6.07) is 3.70. The molecule has 3 amide bonds. The van der Waals surface area contributed by atoms with E-state index in [1.807, 2.05) is 6.92 Å². The fourth-order valence-electron chi connectivity index (χ4n) is 5.63. The second kappa shape index (κ2) is 6.29. The summed E-state index contributed by atoms with van der Waals surface area (Å²) in [5.74, 6) is -3.80. The van der Waals surface area contributed by atoms with Crippen LogP contribution in [0.4, 0.5) is 18.9 Å². The molecule has 1 aromatic rings. The number of hydrogen-bond donors (Lipinski definition) is 1. The number of fused-ring (bicyclic) bond motifs is 5. The molecule has 7 nitrogen and oxygen atoms in total. The molecule has 0 radical (unpaired) electrons. The quantitative estimate of drug-likeness (QED) is 0.720. The molecule has 2 bridgehead atoms. The van der Waals surface area contributed by atoms with E-state index in [1.54, 1.807) is 13.8 Å². The zero-order chi connectivity index (χ0) is 23.1. The summed E-state index contributed by atoms with van der Waals surface area (Å²) >= 11 is 0. The molecule has 3 aliphatic rings. The smallest absolute Gasteiger partial charge is 0.365 e. The van der Waals surface area contributed by atoms with Crippen LogP contribution in [0.1, 0.15) is 38.8 Å². The van der Waals surface area contributed by atoms with Crippen LogP contribution in [0.2, 0.25) is 0 Å². The first-order valence-electron chi connectivity index (χ1n) is 9.73. The molecule has 0 aliphatic carbocycles. The molecule has 4 rings (SSSR count). The van der Waals surface area contributed by atoms with Crippen LogP contribution in [0.15, 0.2) is 18.2 Å². The number of carbonyl (C=O) groups is 3. The number of hydrogen-bond acceptors (Lipinski definition) is 5. The van der Waals surface area contributed by atoms with Gasteiger partial charge in [-0.05, 0) is 32.0 Å². The fourth-order valence-corrected chi connectivity index (χ4v) is 5.63. The Hall–Kier alpha value is -2.93. The van der Waals surface area contributed by atoms with Gasteiger partial charge in [-0.25, -0.2) is 4.90 Å². The zero-order valence-electron chi connectivity index (χ0n) is 17.2. The molecule has 31 heavy (non-hydrogen) atoms. The van der Waals surface area contributed by atoms with Crippen molar-refractivity contribution in [3.63, 3.8) is 0 Å². The standard InChI is InChI=1S/C21H20F3N3O4/c1-9-16(26-10(2)28)20(4)15-14(19(9,3)31-20)17(29)27(18(15)30)12-6-5-11(8-25)13(7-12)21(22,23)24/h5-7,9,14-16H,1-4H3,(H,26,28)/t9-,14+,15-,16-,19?,20?/m1/s1. The van der Waals surface area contributed by atoms with Crippen LogP contribution in [-0.2, 0) is 25.3 Å². The van der Waals surface area contributed by atoms with Crippen molar-refractivity contribution in [2.24, 2.45) is 17.8 Å². The minimum atomic E-state index is -4.83. The summed E-state index contributed by atoms with van der Waals surface area (Å²) in [4.78, 5) is 39.2. The van der Waals surface area contributed by atoms with E-state index in [4.69, 9.17) is 10.00 Å². The van der Waals surface area contributed by atoms with Gasteiger partial charge in [0.2, 0.25) is 17.7 Å². The van der Waals surface area contributed by atoms with Crippen molar-refractivity contribution in [3.8, 4) is 6.07 Å². The van der Waals surface area contributed by atoms with Crippen LogP contribution in [-0.4, -0.2) is 35.0 Å². The molecule has 2 unspecified atom stereocenters. The number of nitrogens with zero attached hydrogens (tertiary/aromatic N) is 2. The molecule has 3 saturated heterocycles. The number of carbonyl (C=O) groups excluding carboxylic acids is 3. The van der Waals surface area contributed by atoms with Crippen LogP contribution >= 0.6 is 0 Å². The third-order valence-corrected chi connectivity index (χ3v) is 7.05. The van der Waals surface area contributed by atoms with Crippen molar-refractivity contribution in [3.05, 3.63) is 29.3 Å². The van der Waals surface area contributed by atoms with Crippen molar-refractivity contribution in [1.29, 1.82) is 5.26 Å². The van der Waals surface area contributed by atoms with E-state index < -0.39 is 58.2 Å². The first-order chi connectivity index (χ1) is 14.3. The predicted octanol–water partition coefficient (Wildman–Crippen LogP) is 2.38. The number of nitrogens with one attached hydrogen (secondary N) is 1. The Kier molecular flexibility index (Phi) is 4.33. The third kappa shape index (κ3) is 2.65. The van der Waals surface area contributed by atoms with Gasteiger partial charge < -0.3 is 10.1 Å². The van der Waals surface area contributed by atoms with Crippen LogP contribution in [0.5, 0.6) is 0 Å². The maximum Gasteiger partial charge on any atom is 0.417 e. The van der Waals surface area contributed by atoms with Crippen LogP contribution in [0, 0.1) is 29.1 Å². The van der Waals surface area contributed by atoms with Crippen LogP contribution in [0.3, 0.4) is 0 Å². The van der Waals surface area contributed by atoms with E-state index in [0.717, 1.165) is 17.0 Å². The van der Waals surface area contributed by atoms with E-state index >= 15 is 0 Å². The number of alkyl halides is 3. The Morgan fingerprint density at radius 2 is 1.77 bits per heavy atom. The van der Waals surface area contributed by atoms with E-state index in [0.29, 0.717) is 6.07 Å². The number of ether oxygens (including phenoxy) is 1. The number of halogens is 3. The monoisotopic (exact) mass is 435 g/mol. The Balaban J connectivity index is 1.80. The molecule has 3 aliphatic heterocycles. The minimum Gasteiger partial charge on any atom is -0.365 e. The Bertz CT molecular complexity index is 1060. The van der Waals surface area contributed by atoms with Crippen molar-refractivity contribution in [1.82, 2.24) is 5.32 Å². The molecule has 0 aromatic heterocycles. The Morgan fingerprint density at radius 3 is 2.29 bits per heavy atom. The molecule has 1 N–H and O–H groups in total. The molecule has 1 aromatic carbocycles. The van der Waals surface area contributed by atoms with Gasteiger partial charge in [-0.3, -0.25) is 14.4 Å². The summed E-state index contributed by atoms with van der Waals surface area (Å²) in [5.41, 5.74) is -4.33. The predicted molar refractivity (Wildman–Crippen MR) is 100 cm³/mol. The molecular formula is C21H20F3N3O4. The summed E-state index contributed by atoms with van der Waals surface area (Å²) in [7, 11) is 0. The van der Waals surface area contributed by atoms with Crippen molar-refractivity contribution in [2.45, 2.75) is 51.1 Å². The highest BCUT2D eigenvalue weighted by molar-refractivity contribution is 6.23. The molecule has 0 spiro atoms. The maximum atomic E-state index is 13.4. The lowest BCUT2D eigenvalue weighted by Crippen LogP contribution is -2.60. The Morgan fingerprint density at radius 1 is 1.19 bits per heavy atom. The highest BCUT2D eigenvalue weighted by atomic mass is 19.4. The summed E-state index contributed by atoms with van der Waals surface area (Å²) in [5, 5.41) is 11.8. The molecule has 10 heteroatoms. The first kappa shape index (κ1) is 21.3. The number of amides is 3. The minimum absolute atomic E-state index is 0.244. The number of benzene rings is 1. The van der Waals surface area contributed by atoms with Gasteiger partial charge in [-0.2, -0.15) is 18.4 Å². The number of nitriles is 1. The third-order valence-electron chi connectivity index (χ3n) is 7.05. The maximum absolute atomic E-state index is 13.4. The van der Waals surface area contributed by atoms with Crippen LogP contribution in [0.25, 0.3) is 0 Å². The van der Waals surface area contributed by atoms with Gasteiger partial charge in [0.05, 0.1) is 52.0 Å². The second-order valence-electron chi connectivity index (χ2n) is 8.74. The lowest BCUT2D eigenvalue weighted by Gasteiger charge is -2.39. The summed E-state index contributed by atoms with van der Waals surface area (Å²) in [6.45, 7) is 6.49. The van der Waals surface area contributed by atoms with Gasteiger partial charge in [0, 0.05) is 12.8 Å². The summed E-state index contributed by atoms with van der Waals surface area (Å²) < 4.78 is 46.4.